The van der Waals surface area contributed by atoms with E-state index in [4.69, 9.17) is 0 Å². The number of unbranched alkanes of at least 4 members (excludes halogenated alkanes) is 4. The third-order valence-electron chi connectivity index (χ3n) is 2.95. The number of hydrogen-bond donors (Lipinski definition) is 0. The molecule has 0 saturated carbocycles. The largest absolute Gasteiger partial charge is 0.295 e. The van der Waals surface area contributed by atoms with Crippen LogP contribution < -0.4 is 0 Å². The topological polar surface area (TPSA) is 34.1 Å². The van der Waals surface area contributed by atoms with Crippen LogP contribution in [0.4, 0.5) is 0 Å². The van der Waals surface area contributed by atoms with Gasteiger partial charge in [-0.15, -0.1) is 0 Å². The van der Waals surface area contributed by atoms with Gasteiger partial charge in [0.05, 0.1) is 0 Å². The van der Waals surface area contributed by atoms with Gasteiger partial charge in [-0.3, -0.25) is 9.59 Å². The van der Waals surface area contributed by atoms with Crippen molar-refractivity contribution in [1.29, 1.82) is 0 Å². The molecule has 0 aromatic rings. The lowest BCUT2D eigenvalue weighted by molar-refractivity contribution is -0.115. The van der Waals surface area contributed by atoms with Crippen LogP contribution in [-0.4, -0.2) is 11.6 Å². The molecule has 0 aliphatic rings. The molecule has 0 radical (unpaired) electrons. The highest BCUT2D eigenvalue weighted by molar-refractivity contribution is 5.90. The van der Waals surface area contributed by atoms with Gasteiger partial charge in [-0.05, 0) is 25.0 Å². The van der Waals surface area contributed by atoms with Crippen LogP contribution in [0, 0.1) is 0 Å². The molecule has 0 fully saturated rings. The van der Waals surface area contributed by atoms with Gasteiger partial charge in [0.1, 0.15) is 0 Å². The highest BCUT2D eigenvalue weighted by Gasteiger charge is 1.95. The number of carbonyl (C=O) groups is 2. The fourth-order valence-corrected chi connectivity index (χ4v) is 1.72. The second-order valence-corrected chi connectivity index (χ2v) is 4.95. The van der Waals surface area contributed by atoms with Crippen molar-refractivity contribution >= 4 is 11.6 Å². The molecule has 0 aromatic carbocycles. The fraction of sp³-hybridized carbons (Fsp3) is 0.556. The van der Waals surface area contributed by atoms with Crippen molar-refractivity contribution in [3.05, 3.63) is 36.5 Å². The number of carbonyl (C=O) groups excluding carboxylic acids is 2. The van der Waals surface area contributed by atoms with E-state index in [2.05, 4.69) is 13.8 Å². The minimum Gasteiger partial charge on any atom is -0.295 e. The first-order chi connectivity index (χ1) is 9.70. The van der Waals surface area contributed by atoms with Crippen LogP contribution >= 0.6 is 0 Å². The Morgan fingerprint density at radius 1 is 0.650 bits per heavy atom. The van der Waals surface area contributed by atoms with E-state index < -0.39 is 0 Å². The van der Waals surface area contributed by atoms with Gasteiger partial charge < -0.3 is 0 Å². The molecule has 20 heavy (non-hydrogen) atoms. The van der Waals surface area contributed by atoms with Gasteiger partial charge in [-0.2, -0.15) is 0 Å². The van der Waals surface area contributed by atoms with Crippen LogP contribution in [0.5, 0.6) is 0 Å². The Bertz CT molecular complexity index is 314. The normalized spacial score (nSPS) is 11.9. The molecule has 2 heteroatoms. The van der Waals surface area contributed by atoms with Crippen molar-refractivity contribution in [2.45, 2.75) is 65.2 Å². The predicted molar refractivity (Wildman–Crippen MR) is 85.7 cm³/mol. The van der Waals surface area contributed by atoms with Gasteiger partial charge in [0, 0.05) is 12.8 Å². The van der Waals surface area contributed by atoms with Crippen molar-refractivity contribution < 1.29 is 9.59 Å². The molecule has 0 saturated heterocycles. The van der Waals surface area contributed by atoms with E-state index in [0.717, 1.165) is 38.5 Å². The maximum Gasteiger partial charge on any atom is 0.155 e. The quantitative estimate of drug-likeness (QED) is 0.287. The Morgan fingerprint density at radius 2 is 1.05 bits per heavy atom. The average Bonchev–Trinajstić information content (AvgIpc) is 2.43. The second-order valence-electron chi connectivity index (χ2n) is 4.95. The van der Waals surface area contributed by atoms with Gasteiger partial charge >= 0.3 is 0 Å². The summed E-state index contributed by atoms with van der Waals surface area (Å²) in [6.45, 7) is 4.25. The van der Waals surface area contributed by atoms with Crippen LogP contribution in [0.3, 0.4) is 0 Å². The Kier molecular flexibility index (Phi) is 13.0. The Labute approximate surface area is 123 Å². The van der Waals surface area contributed by atoms with E-state index >= 15 is 0 Å². The first kappa shape index (κ1) is 18.6. The second kappa shape index (κ2) is 14.0. The Morgan fingerprint density at radius 3 is 1.40 bits per heavy atom. The van der Waals surface area contributed by atoms with Gasteiger partial charge in [-0.1, -0.05) is 63.8 Å². The minimum atomic E-state index is 0.169. The molecule has 0 spiro atoms. The summed E-state index contributed by atoms with van der Waals surface area (Å²) >= 11 is 0. The summed E-state index contributed by atoms with van der Waals surface area (Å²) in [7, 11) is 0. The van der Waals surface area contributed by atoms with E-state index in [1.54, 1.807) is 36.5 Å². The van der Waals surface area contributed by atoms with Gasteiger partial charge in [0.2, 0.25) is 0 Å². The summed E-state index contributed by atoms with van der Waals surface area (Å²) in [4.78, 5) is 22.8. The summed E-state index contributed by atoms with van der Waals surface area (Å²) in [5.41, 5.74) is 0. The lowest BCUT2D eigenvalue weighted by Gasteiger charge is -1.93. The third kappa shape index (κ3) is 13.0. The first-order valence-corrected chi connectivity index (χ1v) is 7.77. The first-order valence-electron chi connectivity index (χ1n) is 7.77. The van der Waals surface area contributed by atoms with E-state index in [1.165, 1.54) is 0 Å². The van der Waals surface area contributed by atoms with Crippen molar-refractivity contribution in [1.82, 2.24) is 0 Å². The SMILES string of the molecule is CCCCCC(=O)/C=C/C=C/C=C/C(=O)CCCCC. The molecule has 0 heterocycles. The molecule has 0 aliphatic carbocycles. The van der Waals surface area contributed by atoms with E-state index in [-0.39, 0.29) is 11.6 Å². The Balaban J connectivity index is 3.78. The average molecular weight is 276 g/mol. The number of allylic oxidation sites excluding steroid dienone is 6. The molecule has 2 nitrogen and oxygen atoms in total. The summed E-state index contributed by atoms with van der Waals surface area (Å²) < 4.78 is 0. The zero-order chi connectivity index (χ0) is 15.1. The molecule has 0 amide bonds. The summed E-state index contributed by atoms with van der Waals surface area (Å²) in [6, 6.07) is 0. The van der Waals surface area contributed by atoms with Gasteiger partial charge in [0.25, 0.3) is 0 Å². The zero-order valence-electron chi connectivity index (χ0n) is 12.9. The fourth-order valence-electron chi connectivity index (χ4n) is 1.72. The standard InChI is InChI=1S/C18H28O2/c1-3-5-9-13-17(19)15-11-7-8-12-16-18(20)14-10-6-4-2/h7-8,11-12,15-16H,3-6,9-10,13-14H2,1-2H3/b8-7+,15-11+,16-12+. The summed E-state index contributed by atoms with van der Waals surface area (Å²) in [5.74, 6) is 0.338. The maximum absolute atomic E-state index is 11.4. The predicted octanol–water partition coefficient (Wildman–Crippen LogP) is 4.95. The van der Waals surface area contributed by atoms with Crippen LogP contribution in [0.2, 0.25) is 0 Å². The lowest BCUT2D eigenvalue weighted by Crippen LogP contribution is -1.91. The minimum absolute atomic E-state index is 0.169. The summed E-state index contributed by atoms with van der Waals surface area (Å²) in [5, 5.41) is 0. The van der Waals surface area contributed by atoms with Crippen LogP contribution in [0.25, 0.3) is 0 Å². The van der Waals surface area contributed by atoms with Crippen molar-refractivity contribution in [3.8, 4) is 0 Å². The number of hydrogen-bond acceptors (Lipinski definition) is 2. The summed E-state index contributed by atoms with van der Waals surface area (Å²) in [6.07, 6.45) is 17.9. The molecule has 0 aromatic heterocycles. The molecular weight excluding hydrogens is 248 g/mol. The molecule has 112 valence electrons. The third-order valence-corrected chi connectivity index (χ3v) is 2.95. The lowest BCUT2D eigenvalue weighted by atomic mass is 10.1. The van der Waals surface area contributed by atoms with Crippen LogP contribution in [0.15, 0.2) is 36.5 Å². The van der Waals surface area contributed by atoms with Gasteiger partial charge in [0.15, 0.2) is 11.6 Å². The van der Waals surface area contributed by atoms with Crippen LogP contribution in [-0.2, 0) is 9.59 Å². The molecule has 0 unspecified atom stereocenters. The zero-order valence-corrected chi connectivity index (χ0v) is 12.9. The molecule has 0 bridgehead atoms. The molecule has 0 atom stereocenters. The van der Waals surface area contributed by atoms with Crippen molar-refractivity contribution in [2.75, 3.05) is 0 Å². The van der Waals surface area contributed by atoms with Crippen molar-refractivity contribution in [2.24, 2.45) is 0 Å². The number of rotatable bonds is 12. The van der Waals surface area contributed by atoms with Crippen LogP contribution in [0.1, 0.15) is 65.2 Å². The maximum atomic E-state index is 11.4. The smallest absolute Gasteiger partial charge is 0.155 e. The van der Waals surface area contributed by atoms with E-state index in [9.17, 15) is 9.59 Å². The molecule has 0 N–H and O–H groups in total. The van der Waals surface area contributed by atoms with E-state index in [0.29, 0.717) is 12.8 Å². The molecule has 0 aliphatic heterocycles. The molecule has 0 rings (SSSR count). The highest BCUT2D eigenvalue weighted by Crippen LogP contribution is 2.01. The Hall–Kier alpha value is -1.44. The van der Waals surface area contributed by atoms with Crippen molar-refractivity contribution in [3.63, 3.8) is 0 Å². The van der Waals surface area contributed by atoms with Gasteiger partial charge in [-0.25, -0.2) is 0 Å². The number of ketones is 2. The monoisotopic (exact) mass is 276 g/mol. The van der Waals surface area contributed by atoms with E-state index in [1.807, 2.05) is 0 Å². The molecular formula is C18H28O2. The highest BCUT2D eigenvalue weighted by atomic mass is 16.1.